The SMILES string of the molecule is COc1ccc(C(Nc2ccccc2)C(=O)O)c(OC)c1. The van der Waals surface area contributed by atoms with E-state index in [9.17, 15) is 9.90 Å². The Balaban J connectivity index is 2.36. The number of hydrogen-bond acceptors (Lipinski definition) is 4. The minimum atomic E-state index is -0.984. The summed E-state index contributed by atoms with van der Waals surface area (Å²) in [5.41, 5.74) is 1.26. The van der Waals surface area contributed by atoms with Crippen molar-refractivity contribution >= 4 is 11.7 Å². The largest absolute Gasteiger partial charge is 0.497 e. The molecule has 0 spiro atoms. The summed E-state index contributed by atoms with van der Waals surface area (Å²) in [6.07, 6.45) is 0. The molecule has 0 aliphatic rings. The number of carboxylic acids is 1. The monoisotopic (exact) mass is 287 g/mol. The van der Waals surface area contributed by atoms with Crippen LogP contribution in [0.15, 0.2) is 48.5 Å². The second kappa shape index (κ2) is 6.65. The molecule has 0 saturated heterocycles. The van der Waals surface area contributed by atoms with Gasteiger partial charge in [0.2, 0.25) is 0 Å². The summed E-state index contributed by atoms with van der Waals surface area (Å²) in [5, 5.41) is 12.5. The van der Waals surface area contributed by atoms with Gasteiger partial charge < -0.3 is 19.9 Å². The van der Waals surface area contributed by atoms with Gasteiger partial charge in [0.1, 0.15) is 11.5 Å². The van der Waals surface area contributed by atoms with E-state index in [1.807, 2.05) is 30.3 Å². The van der Waals surface area contributed by atoms with E-state index in [-0.39, 0.29) is 0 Å². The number of rotatable bonds is 6. The minimum Gasteiger partial charge on any atom is -0.497 e. The zero-order chi connectivity index (χ0) is 15.2. The van der Waals surface area contributed by atoms with Crippen molar-refractivity contribution < 1.29 is 19.4 Å². The average Bonchev–Trinajstić information content (AvgIpc) is 2.52. The Kier molecular flexibility index (Phi) is 4.66. The summed E-state index contributed by atoms with van der Waals surface area (Å²) < 4.78 is 10.4. The molecule has 5 nitrogen and oxygen atoms in total. The fourth-order valence-corrected chi connectivity index (χ4v) is 2.03. The first-order valence-corrected chi connectivity index (χ1v) is 6.42. The minimum absolute atomic E-state index is 0.463. The van der Waals surface area contributed by atoms with Crippen molar-refractivity contribution in [3.05, 3.63) is 54.1 Å². The van der Waals surface area contributed by atoms with E-state index in [1.165, 1.54) is 7.11 Å². The van der Waals surface area contributed by atoms with Gasteiger partial charge in [-0.3, -0.25) is 0 Å². The maximum Gasteiger partial charge on any atom is 0.330 e. The Labute approximate surface area is 123 Å². The lowest BCUT2D eigenvalue weighted by Gasteiger charge is -2.19. The van der Waals surface area contributed by atoms with Crippen LogP contribution < -0.4 is 14.8 Å². The first kappa shape index (κ1) is 14.7. The van der Waals surface area contributed by atoms with Crippen molar-refractivity contribution in [2.75, 3.05) is 19.5 Å². The van der Waals surface area contributed by atoms with E-state index in [0.717, 1.165) is 5.69 Å². The standard InChI is InChI=1S/C16H17NO4/c1-20-12-8-9-13(14(10-12)21-2)15(16(18)19)17-11-6-4-3-5-7-11/h3-10,15,17H,1-2H3,(H,18,19). The lowest BCUT2D eigenvalue weighted by atomic mass is 10.0. The summed E-state index contributed by atoms with van der Waals surface area (Å²) in [5.74, 6) is 0.0898. The highest BCUT2D eigenvalue weighted by atomic mass is 16.5. The van der Waals surface area contributed by atoms with Crippen LogP contribution in [0.25, 0.3) is 0 Å². The van der Waals surface area contributed by atoms with E-state index in [0.29, 0.717) is 17.1 Å². The number of ether oxygens (including phenoxy) is 2. The molecule has 0 amide bonds. The fourth-order valence-electron chi connectivity index (χ4n) is 2.03. The summed E-state index contributed by atoms with van der Waals surface area (Å²) in [6.45, 7) is 0. The third-order valence-electron chi connectivity index (χ3n) is 3.08. The first-order chi connectivity index (χ1) is 10.2. The number of methoxy groups -OCH3 is 2. The van der Waals surface area contributed by atoms with Gasteiger partial charge in [0.25, 0.3) is 0 Å². The molecule has 1 unspecified atom stereocenters. The van der Waals surface area contributed by atoms with Crippen molar-refractivity contribution in [2.24, 2.45) is 0 Å². The lowest BCUT2D eigenvalue weighted by Crippen LogP contribution is -2.21. The molecule has 0 radical (unpaired) electrons. The molecule has 0 bridgehead atoms. The number of hydrogen-bond donors (Lipinski definition) is 2. The Morgan fingerprint density at radius 2 is 1.81 bits per heavy atom. The van der Waals surface area contributed by atoms with Crippen molar-refractivity contribution in [2.45, 2.75) is 6.04 Å². The molecule has 2 aromatic carbocycles. The van der Waals surface area contributed by atoms with Gasteiger partial charge in [-0.1, -0.05) is 18.2 Å². The molecule has 2 rings (SSSR count). The summed E-state index contributed by atoms with van der Waals surface area (Å²) in [6, 6.07) is 13.3. The molecule has 110 valence electrons. The van der Waals surface area contributed by atoms with Crippen LogP contribution in [0.4, 0.5) is 5.69 Å². The van der Waals surface area contributed by atoms with E-state index in [2.05, 4.69) is 5.32 Å². The summed E-state index contributed by atoms with van der Waals surface area (Å²) >= 11 is 0. The molecule has 0 fully saturated rings. The van der Waals surface area contributed by atoms with Crippen molar-refractivity contribution in [1.29, 1.82) is 0 Å². The molecule has 21 heavy (non-hydrogen) atoms. The molecule has 2 aromatic rings. The second-order valence-electron chi connectivity index (χ2n) is 4.39. The van der Waals surface area contributed by atoms with Crippen LogP contribution in [0, 0.1) is 0 Å². The number of aliphatic carboxylic acids is 1. The fraction of sp³-hybridized carbons (Fsp3) is 0.188. The Morgan fingerprint density at radius 3 is 2.38 bits per heavy atom. The van der Waals surface area contributed by atoms with Gasteiger partial charge in [-0.2, -0.15) is 0 Å². The van der Waals surface area contributed by atoms with Crippen LogP contribution in [-0.4, -0.2) is 25.3 Å². The molecule has 2 N–H and O–H groups in total. The lowest BCUT2D eigenvalue weighted by molar-refractivity contribution is -0.138. The summed E-state index contributed by atoms with van der Waals surface area (Å²) in [4.78, 5) is 11.6. The average molecular weight is 287 g/mol. The third-order valence-corrected chi connectivity index (χ3v) is 3.08. The van der Waals surface area contributed by atoms with Gasteiger partial charge in [-0.05, 0) is 24.3 Å². The van der Waals surface area contributed by atoms with Crippen LogP contribution >= 0.6 is 0 Å². The van der Waals surface area contributed by atoms with Crippen molar-refractivity contribution in [3.8, 4) is 11.5 Å². The van der Waals surface area contributed by atoms with E-state index in [4.69, 9.17) is 9.47 Å². The molecular formula is C16H17NO4. The molecule has 1 atom stereocenters. The zero-order valence-corrected chi connectivity index (χ0v) is 11.9. The Hall–Kier alpha value is -2.69. The summed E-state index contributed by atoms with van der Waals surface area (Å²) in [7, 11) is 3.05. The number of anilines is 1. The van der Waals surface area contributed by atoms with Crippen molar-refractivity contribution in [1.82, 2.24) is 0 Å². The highest BCUT2D eigenvalue weighted by molar-refractivity contribution is 5.80. The highest BCUT2D eigenvalue weighted by Crippen LogP contribution is 2.31. The van der Waals surface area contributed by atoms with Crippen LogP contribution in [0.5, 0.6) is 11.5 Å². The van der Waals surface area contributed by atoms with E-state index in [1.54, 1.807) is 25.3 Å². The van der Waals surface area contributed by atoms with Gasteiger partial charge in [0.05, 0.1) is 14.2 Å². The zero-order valence-electron chi connectivity index (χ0n) is 11.9. The number of nitrogens with one attached hydrogen (secondary N) is 1. The van der Waals surface area contributed by atoms with Crippen LogP contribution in [0.1, 0.15) is 11.6 Å². The normalized spacial score (nSPS) is 11.5. The van der Waals surface area contributed by atoms with Gasteiger partial charge in [0.15, 0.2) is 6.04 Å². The molecule has 0 aromatic heterocycles. The molecule has 0 aliphatic heterocycles. The molecule has 0 aliphatic carbocycles. The predicted molar refractivity (Wildman–Crippen MR) is 80.0 cm³/mol. The van der Waals surface area contributed by atoms with E-state index >= 15 is 0 Å². The van der Waals surface area contributed by atoms with E-state index < -0.39 is 12.0 Å². The number of para-hydroxylation sites is 1. The topological polar surface area (TPSA) is 67.8 Å². The van der Waals surface area contributed by atoms with Crippen LogP contribution in [-0.2, 0) is 4.79 Å². The van der Waals surface area contributed by atoms with Gasteiger partial charge >= 0.3 is 5.97 Å². The predicted octanol–water partition coefficient (Wildman–Crippen LogP) is 2.94. The van der Waals surface area contributed by atoms with Gasteiger partial charge in [0, 0.05) is 17.3 Å². The molecular weight excluding hydrogens is 270 g/mol. The number of carbonyl (C=O) groups is 1. The van der Waals surface area contributed by atoms with Crippen molar-refractivity contribution in [3.63, 3.8) is 0 Å². The number of carboxylic acid groups (broad SMARTS) is 1. The molecule has 5 heteroatoms. The van der Waals surface area contributed by atoms with Crippen LogP contribution in [0.2, 0.25) is 0 Å². The molecule has 0 saturated carbocycles. The van der Waals surface area contributed by atoms with Crippen LogP contribution in [0.3, 0.4) is 0 Å². The second-order valence-corrected chi connectivity index (χ2v) is 4.39. The Morgan fingerprint density at radius 1 is 1.10 bits per heavy atom. The van der Waals surface area contributed by atoms with Gasteiger partial charge in [-0.15, -0.1) is 0 Å². The Bertz CT molecular complexity index is 613. The highest BCUT2D eigenvalue weighted by Gasteiger charge is 2.23. The quantitative estimate of drug-likeness (QED) is 0.855. The molecule has 0 heterocycles. The van der Waals surface area contributed by atoms with Gasteiger partial charge in [-0.25, -0.2) is 4.79 Å². The third kappa shape index (κ3) is 3.45. The number of benzene rings is 2. The maximum atomic E-state index is 11.6. The maximum absolute atomic E-state index is 11.6. The first-order valence-electron chi connectivity index (χ1n) is 6.42. The smallest absolute Gasteiger partial charge is 0.330 e.